The summed E-state index contributed by atoms with van der Waals surface area (Å²) in [6, 6.07) is 13.5. The maximum absolute atomic E-state index is 12.8. The molecule has 3 atom stereocenters. The van der Waals surface area contributed by atoms with Gasteiger partial charge in [-0.15, -0.1) is 0 Å². The molecule has 0 aliphatic rings. The number of rotatable bonds is 9. The van der Waals surface area contributed by atoms with Crippen LogP contribution in [-0.4, -0.2) is 43.4 Å². The molecule has 33 heavy (non-hydrogen) atoms. The fraction of sp³-hybridized carbons (Fsp3) is 0.318. The highest BCUT2D eigenvalue weighted by atomic mass is 19.4. The summed E-state index contributed by atoms with van der Waals surface area (Å²) in [5, 5.41) is 2.28. The lowest BCUT2D eigenvalue weighted by Gasteiger charge is -2.27. The monoisotopic (exact) mass is 468 g/mol. The molecular weight excluding hydrogens is 445 g/mol. The lowest BCUT2D eigenvalue weighted by molar-refractivity contribution is -0.206. The first-order valence-electron chi connectivity index (χ1n) is 9.75. The lowest BCUT2D eigenvalue weighted by Crippen LogP contribution is -2.47. The second-order valence-electron chi connectivity index (χ2n) is 6.92. The molecule has 0 saturated carbocycles. The van der Waals surface area contributed by atoms with E-state index in [4.69, 9.17) is 10.5 Å². The van der Waals surface area contributed by atoms with Crippen LogP contribution in [0.25, 0.3) is 0 Å². The lowest BCUT2D eigenvalue weighted by atomic mass is 9.96. The molecule has 2 aromatic carbocycles. The number of benzene rings is 2. The van der Waals surface area contributed by atoms with Gasteiger partial charge >= 0.3 is 24.2 Å². The number of nitrogens with one attached hydrogen (secondary N) is 1. The largest absolute Gasteiger partial charge is 0.490 e. The van der Waals surface area contributed by atoms with E-state index < -0.39 is 48.8 Å². The fourth-order valence-electron chi connectivity index (χ4n) is 2.89. The van der Waals surface area contributed by atoms with Crippen LogP contribution in [0.5, 0.6) is 0 Å². The molecule has 0 aromatic heterocycles. The van der Waals surface area contributed by atoms with Crippen LogP contribution >= 0.6 is 0 Å². The van der Waals surface area contributed by atoms with Crippen molar-refractivity contribution in [1.82, 2.24) is 5.32 Å². The average Bonchev–Trinajstić information content (AvgIpc) is 2.80. The molecule has 0 heterocycles. The second kappa shape index (κ2) is 11.9. The Morgan fingerprint density at radius 3 is 2.12 bits per heavy atom. The maximum Gasteiger partial charge on any atom is 0.490 e. The molecule has 0 saturated heterocycles. The zero-order chi connectivity index (χ0) is 24.4. The van der Waals surface area contributed by atoms with E-state index in [1.54, 1.807) is 36.4 Å². The Balaban J connectivity index is 2.12. The first-order chi connectivity index (χ1) is 15.6. The highest BCUT2D eigenvalue weighted by molar-refractivity contribution is 5.81. The number of hydrogen-bond donors (Lipinski definition) is 2. The Morgan fingerprint density at radius 2 is 1.58 bits per heavy atom. The summed E-state index contributed by atoms with van der Waals surface area (Å²) in [5.41, 5.74) is 6.91. The number of carbonyl (C=O) groups excluding carboxylic acids is 3. The molecule has 178 valence electrons. The molecule has 1 unspecified atom stereocenters. The van der Waals surface area contributed by atoms with Crippen LogP contribution in [0.3, 0.4) is 0 Å². The quantitative estimate of drug-likeness (QED) is 0.429. The van der Waals surface area contributed by atoms with Crippen LogP contribution in [0.15, 0.2) is 60.7 Å². The molecular formula is C22H23F3N2O6. The van der Waals surface area contributed by atoms with Gasteiger partial charge in [0.05, 0.1) is 7.11 Å². The number of ether oxygens (including phenoxy) is 3. The zero-order valence-electron chi connectivity index (χ0n) is 17.6. The highest BCUT2D eigenvalue weighted by Gasteiger charge is 2.43. The van der Waals surface area contributed by atoms with Crippen molar-refractivity contribution in [3.05, 3.63) is 71.8 Å². The molecule has 0 aliphatic heterocycles. The van der Waals surface area contributed by atoms with E-state index in [9.17, 15) is 27.6 Å². The van der Waals surface area contributed by atoms with Crippen LogP contribution in [0.2, 0.25) is 0 Å². The van der Waals surface area contributed by atoms with Gasteiger partial charge in [0.15, 0.2) is 0 Å². The molecule has 2 aromatic rings. The minimum atomic E-state index is -5.24. The molecule has 0 radical (unpaired) electrons. The maximum atomic E-state index is 12.8. The van der Waals surface area contributed by atoms with Crippen molar-refractivity contribution in [2.75, 3.05) is 7.11 Å². The minimum absolute atomic E-state index is 0.0809. The van der Waals surface area contributed by atoms with Crippen molar-refractivity contribution in [1.29, 1.82) is 0 Å². The van der Waals surface area contributed by atoms with E-state index in [-0.39, 0.29) is 12.2 Å². The van der Waals surface area contributed by atoms with Crippen molar-refractivity contribution in [2.45, 2.75) is 37.4 Å². The molecule has 1 amide bonds. The molecule has 0 fully saturated rings. The summed E-state index contributed by atoms with van der Waals surface area (Å²) in [6.45, 7) is -0.0809. The van der Waals surface area contributed by atoms with Gasteiger partial charge in [-0.05, 0) is 17.5 Å². The highest BCUT2D eigenvalue weighted by Crippen LogP contribution is 2.27. The Kier molecular flexibility index (Phi) is 9.22. The molecule has 2 rings (SSSR count). The SMILES string of the molecule is COC(=O)[C@H](C[C@H](N)C(OC(=O)C(F)(F)F)c1ccccc1)NC(=O)OCc1ccccc1. The third-order valence-electron chi connectivity index (χ3n) is 4.48. The van der Waals surface area contributed by atoms with Crippen LogP contribution in [0.4, 0.5) is 18.0 Å². The molecule has 8 nitrogen and oxygen atoms in total. The molecule has 0 spiro atoms. The number of methoxy groups -OCH3 is 1. The van der Waals surface area contributed by atoms with Crippen molar-refractivity contribution < 1.29 is 41.8 Å². The number of alkyl halides is 3. The predicted octanol–water partition coefficient (Wildman–Crippen LogP) is 3.02. The van der Waals surface area contributed by atoms with E-state index in [2.05, 4.69) is 14.8 Å². The van der Waals surface area contributed by atoms with Gasteiger partial charge in [-0.2, -0.15) is 13.2 Å². The van der Waals surface area contributed by atoms with Gasteiger partial charge in [0.25, 0.3) is 0 Å². The van der Waals surface area contributed by atoms with E-state index in [0.29, 0.717) is 5.56 Å². The summed E-state index contributed by atoms with van der Waals surface area (Å²) in [4.78, 5) is 35.8. The molecule has 11 heteroatoms. The summed E-state index contributed by atoms with van der Waals surface area (Å²) in [5.74, 6) is -3.34. The molecule has 3 N–H and O–H groups in total. The van der Waals surface area contributed by atoms with E-state index in [0.717, 1.165) is 7.11 Å². The minimum Gasteiger partial charge on any atom is -0.467 e. The van der Waals surface area contributed by atoms with Crippen molar-refractivity contribution >= 4 is 18.0 Å². The third-order valence-corrected chi connectivity index (χ3v) is 4.48. The number of halogens is 3. The van der Waals surface area contributed by atoms with Gasteiger partial charge in [0.2, 0.25) is 0 Å². The number of esters is 2. The second-order valence-corrected chi connectivity index (χ2v) is 6.92. The van der Waals surface area contributed by atoms with Crippen LogP contribution < -0.4 is 11.1 Å². The number of hydrogen-bond acceptors (Lipinski definition) is 7. The Hall–Kier alpha value is -3.60. The van der Waals surface area contributed by atoms with E-state index in [1.165, 1.54) is 24.3 Å². The normalized spacial score (nSPS) is 13.8. The van der Waals surface area contributed by atoms with Crippen molar-refractivity contribution in [3.8, 4) is 0 Å². The number of amides is 1. The van der Waals surface area contributed by atoms with Crippen LogP contribution in [-0.2, 0) is 30.4 Å². The predicted molar refractivity (Wildman–Crippen MR) is 109 cm³/mol. The van der Waals surface area contributed by atoms with E-state index in [1.807, 2.05) is 0 Å². The van der Waals surface area contributed by atoms with Gasteiger partial charge in [0.1, 0.15) is 18.8 Å². The fourth-order valence-corrected chi connectivity index (χ4v) is 2.89. The smallest absolute Gasteiger partial charge is 0.467 e. The summed E-state index contributed by atoms with van der Waals surface area (Å²) >= 11 is 0. The van der Waals surface area contributed by atoms with E-state index >= 15 is 0 Å². The van der Waals surface area contributed by atoms with Crippen molar-refractivity contribution in [2.24, 2.45) is 5.73 Å². The van der Waals surface area contributed by atoms with Gasteiger partial charge in [0, 0.05) is 6.04 Å². The average molecular weight is 468 g/mol. The zero-order valence-corrected chi connectivity index (χ0v) is 17.6. The van der Waals surface area contributed by atoms with Crippen molar-refractivity contribution in [3.63, 3.8) is 0 Å². The number of nitrogens with two attached hydrogens (primary N) is 1. The molecule has 0 aliphatic carbocycles. The van der Waals surface area contributed by atoms with Gasteiger partial charge in [-0.3, -0.25) is 0 Å². The van der Waals surface area contributed by atoms with Crippen LogP contribution in [0.1, 0.15) is 23.7 Å². The Labute approximate surface area is 187 Å². The third kappa shape index (κ3) is 8.11. The van der Waals surface area contributed by atoms with Gasteiger partial charge in [-0.1, -0.05) is 60.7 Å². The molecule has 0 bridgehead atoms. The Bertz CT molecular complexity index is 925. The van der Waals surface area contributed by atoms with Gasteiger partial charge in [-0.25, -0.2) is 14.4 Å². The number of alkyl carbamates (subject to hydrolysis) is 1. The summed E-state index contributed by atoms with van der Waals surface area (Å²) in [7, 11) is 1.07. The van der Waals surface area contributed by atoms with Gasteiger partial charge < -0.3 is 25.3 Å². The topological polar surface area (TPSA) is 117 Å². The summed E-state index contributed by atoms with van der Waals surface area (Å²) in [6.07, 6.45) is -8.16. The Morgan fingerprint density at radius 1 is 1.00 bits per heavy atom. The first kappa shape index (κ1) is 25.7. The van der Waals surface area contributed by atoms with Crippen LogP contribution in [0, 0.1) is 0 Å². The summed E-state index contributed by atoms with van der Waals surface area (Å²) < 4.78 is 52.6. The number of carbonyl (C=O) groups is 3. The first-order valence-corrected chi connectivity index (χ1v) is 9.75. The standard InChI is InChI=1S/C22H23F3N2O6/c1-31-19(28)17(27-21(30)32-13-14-8-4-2-5-9-14)12-16(26)18(15-10-6-3-7-11-15)33-20(29)22(23,24)25/h2-11,16-18H,12-13,26H2,1H3,(H,27,30)/t16-,17-,18?/m0/s1.